The van der Waals surface area contributed by atoms with Gasteiger partial charge in [0.1, 0.15) is 0 Å². The molecule has 1 aromatic rings. The van der Waals surface area contributed by atoms with Gasteiger partial charge in [-0.15, -0.1) is 12.3 Å². The predicted molar refractivity (Wildman–Crippen MR) is 63.7 cm³/mol. The zero-order chi connectivity index (χ0) is 11.5. The van der Waals surface area contributed by atoms with Crippen molar-refractivity contribution in [1.29, 1.82) is 0 Å². The Labute approximate surface area is 95.2 Å². The van der Waals surface area contributed by atoms with Gasteiger partial charge < -0.3 is 10.6 Å². The lowest BCUT2D eigenvalue weighted by Gasteiger charge is -2.14. The lowest BCUT2D eigenvalue weighted by molar-refractivity contribution is 0.0777. The second-order valence-corrected chi connectivity index (χ2v) is 3.95. The number of carbonyl (C=O) groups is 1. The number of nitrogens with zero attached hydrogens (tertiary/aromatic N) is 1. The van der Waals surface area contributed by atoms with Crippen molar-refractivity contribution in [2.45, 2.75) is 19.4 Å². The van der Waals surface area contributed by atoms with Crippen molar-refractivity contribution >= 4 is 11.6 Å². The Kier molecular flexibility index (Phi) is 2.82. The van der Waals surface area contributed by atoms with Crippen molar-refractivity contribution in [3.05, 3.63) is 29.3 Å². The molecule has 16 heavy (non-hydrogen) atoms. The van der Waals surface area contributed by atoms with Crippen LogP contribution in [-0.2, 0) is 6.54 Å². The van der Waals surface area contributed by atoms with Gasteiger partial charge in [-0.1, -0.05) is 6.07 Å². The molecule has 0 fully saturated rings. The fourth-order valence-electron chi connectivity index (χ4n) is 1.93. The maximum Gasteiger partial charge on any atom is 0.254 e. The number of rotatable bonds is 3. The molecule has 0 saturated carbocycles. The third-order valence-electron chi connectivity index (χ3n) is 2.76. The summed E-state index contributed by atoms with van der Waals surface area (Å²) < 4.78 is 0. The molecule has 0 aromatic heterocycles. The number of hydrogen-bond donors (Lipinski definition) is 1. The molecular formula is C13H14N2O. The van der Waals surface area contributed by atoms with Crippen molar-refractivity contribution in [3.8, 4) is 12.3 Å². The van der Waals surface area contributed by atoms with Crippen molar-refractivity contribution < 1.29 is 4.79 Å². The van der Waals surface area contributed by atoms with Gasteiger partial charge >= 0.3 is 0 Å². The van der Waals surface area contributed by atoms with Gasteiger partial charge in [0.2, 0.25) is 0 Å². The van der Waals surface area contributed by atoms with Crippen molar-refractivity contribution in [2.75, 3.05) is 12.3 Å². The number of nitrogen functional groups attached to an aromatic ring is 1. The lowest BCUT2D eigenvalue weighted by Crippen LogP contribution is -2.24. The van der Waals surface area contributed by atoms with Gasteiger partial charge in [0.25, 0.3) is 5.91 Å². The first-order valence-electron chi connectivity index (χ1n) is 5.33. The van der Waals surface area contributed by atoms with Gasteiger partial charge in [-0.25, -0.2) is 0 Å². The van der Waals surface area contributed by atoms with E-state index in [9.17, 15) is 4.79 Å². The predicted octanol–water partition coefficient (Wildman–Crippen LogP) is 1.64. The molecular weight excluding hydrogens is 200 g/mol. The van der Waals surface area contributed by atoms with Gasteiger partial charge in [0.15, 0.2) is 0 Å². The number of nitrogens with two attached hydrogens (primary N) is 1. The molecule has 0 unspecified atom stereocenters. The smallest absolute Gasteiger partial charge is 0.254 e. The van der Waals surface area contributed by atoms with E-state index in [0.29, 0.717) is 18.7 Å². The Morgan fingerprint density at radius 1 is 1.50 bits per heavy atom. The zero-order valence-corrected chi connectivity index (χ0v) is 9.07. The van der Waals surface area contributed by atoms with E-state index in [1.165, 1.54) is 0 Å². The molecule has 0 atom stereocenters. The molecule has 1 aliphatic heterocycles. The van der Waals surface area contributed by atoms with E-state index in [-0.39, 0.29) is 5.91 Å². The van der Waals surface area contributed by atoms with Crippen LogP contribution in [-0.4, -0.2) is 17.4 Å². The molecule has 1 heterocycles. The van der Waals surface area contributed by atoms with Gasteiger partial charge in [-0.2, -0.15) is 0 Å². The molecule has 0 radical (unpaired) electrons. The standard InChI is InChI=1S/C13H14N2O/c1-2-3-4-7-15-9-10-5-6-11(14)8-12(10)13(15)16/h1,5-6,8H,3-4,7,9,14H2. The topological polar surface area (TPSA) is 46.3 Å². The normalized spacial score (nSPS) is 13.7. The van der Waals surface area contributed by atoms with Crippen molar-refractivity contribution in [2.24, 2.45) is 0 Å². The zero-order valence-electron chi connectivity index (χ0n) is 9.07. The highest BCUT2D eigenvalue weighted by molar-refractivity contribution is 5.99. The third kappa shape index (κ3) is 1.87. The van der Waals surface area contributed by atoms with E-state index in [0.717, 1.165) is 24.1 Å². The van der Waals surface area contributed by atoms with E-state index in [4.69, 9.17) is 12.2 Å². The number of carbonyl (C=O) groups excluding carboxylic acids is 1. The molecule has 82 valence electrons. The van der Waals surface area contributed by atoms with Crippen LogP contribution in [0.15, 0.2) is 18.2 Å². The van der Waals surface area contributed by atoms with Crippen LogP contribution in [0.2, 0.25) is 0 Å². The molecule has 0 saturated heterocycles. The fraction of sp³-hybridized carbons (Fsp3) is 0.308. The maximum absolute atomic E-state index is 12.0. The van der Waals surface area contributed by atoms with Crippen LogP contribution in [0, 0.1) is 12.3 Å². The molecule has 1 aliphatic rings. The van der Waals surface area contributed by atoms with Crippen LogP contribution in [0.4, 0.5) is 5.69 Å². The monoisotopic (exact) mass is 214 g/mol. The van der Waals surface area contributed by atoms with Crippen LogP contribution < -0.4 is 5.73 Å². The maximum atomic E-state index is 12.0. The SMILES string of the molecule is C#CCCCN1Cc2ccc(N)cc2C1=O. The Hall–Kier alpha value is -1.95. The van der Waals surface area contributed by atoms with Crippen molar-refractivity contribution in [3.63, 3.8) is 0 Å². The summed E-state index contributed by atoms with van der Waals surface area (Å²) in [7, 11) is 0. The summed E-state index contributed by atoms with van der Waals surface area (Å²) in [6.45, 7) is 1.40. The van der Waals surface area contributed by atoms with Crippen LogP contribution in [0.1, 0.15) is 28.8 Å². The summed E-state index contributed by atoms with van der Waals surface area (Å²) in [5.41, 5.74) is 8.09. The average Bonchev–Trinajstić information content (AvgIpc) is 2.57. The minimum atomic E-state index is 0.0688. The molecule has 1 aromatic carbocycles. The molecule has 3 nitrogen and oxygen atoms in total. The minimum Gasteiger partial charge on any atom is -0.399 e. The number of fused-ring (bicyclic) bond motifs is 1. The van der Waals surface area contributed by atoms with Gasteiger partial charge in [-0.05, 0) is 24.1 Å². The number of hydrogen-bond acceptors (Lipinski definition) is 2. The van der Waals surface area contributed by atoms with Crippen LogP contribution in [0.5, 0.6) is 0 Å². The third-order valence-corrected chi connectivity index (χ3v) is 2.76. The van der Waals surface area contributed by atoms with E-state index in [1.807, 2.05) is 17.0 Å². The highest BCUT2D eigenvalue weighted by Gasteiger charge is 2.26. The highest BCUT2D eigenvalue weighted by Crippen LogP contribution is 2.24. The summed E-state index contributed by atoms with van der Waals surface area (Å²) in [4.78, 5) is 13.8. The number of amides is 1. The first-order chi connectivity index (χ1) is 7.72. The highest BCUT2D eigenvalue weighted by atomic mass is 16.2. The molecule has 0 bridgehead atoms. The Morgan fingerprint density at radius 3 is 3.06 bits per heavy atom. The lowest BCUT2D eigenvalue weighted by atomic mass is 10.1. The molecule has 0 spiro atoms. The van der Waals surface area contributed by atoms with Gasteiger partial charge in [0.05, 0.1) is 0 Å². The van der Waals surface area contributed by atoms with Crippen LogP contribution in [0.25, 0.3) is 0 Å². The minimum absolute atomic E-state index is 0.0688. The van der Waals surface area contributed by atoms with Gasteiger partial charge in [0, 0.05) is 30.8 Å². The first kappa shape index (κ1) is 10.6. The quantitative estimate of drug-likeness (QED) is 0.472. The largest absolute Gasteiger partial charge is 0.399 e. The average molecular weight is 214 g/mol. The fourth-order valence-corrected chi connectivity index (χ4v) is 1.93. The van der Waals surface area contributed by atoms with E-state index >= 15 is 0 Å². The number of anilines is 1. The Balaban J connectivity index is 2.09. The van der Waals surface area contributed by atoms with Gasteiger partial charge in [-0.3, -0.25) is 4.79 Å². The van der Waals surface area contributed by atoms with Crippen LogP contribution in [0.3, 0.4) is 0 Å². The molecule has 1 amide bonds. The molecule has 2 rings (SSSR count). The molecule has 3 heteroatoms. The second-order valence-electron chi connectivity index (χ2n) is 3.95. The summed E-state index contributed by atoms with van der Waals surface area (Å²) in [5.74, 6) is 2.65. The van der Waals surface area contributed by atoms with E-state index in [1.54, 1.807) is 6.07 Å². The Morgan fingerprint density at radius 2 is 2.31 bits per heavy atom. The first-order valence-corrected chi connectivity index (χ1v) is 5.33. The summed E-state index contributed by atoms with van der Waals surface area (Å²) in [6.07, 6.45) is 6.75. The summed E-state index contributed by atoms with van der Waals surface area (Å²) in [5, 5.41) is 0. The van der Waals surface area contributed by atoms with Crippen LogP contribution >= 0.6 is 0 Å². The van der Waals surface area contributed by atoms with Crippen molar-refractivity contribution in [1.82, 2.24) is 4.90 Å². The number of unbranched alkanes of at least 4 members (excludes halogenated alkanes) is 1. The molecule has 2 N–H and O–H groups in total. The second kappa shape index (κ2) is 4.28. The Bertz CT molecular complexity index is 459. The number of benzene rings is 1. The van der Waals surface area contributed by atoms with E-state index in [2.05, 4.69) is 5.92 Å². The molecule has 0 aliphatic carbocycles. The summed E-state index contributed by atoms with van der Waals surface area (Å²) >= 11 is 0. The summed E-state index contributed by atoms with van der Waals surface area (Å²) in [6, 6.07) is 5.50. The number of terminal acetylenes is 1. The van der Waals surface area contributed by atoms with E-state index < -0.39 is 0 Å².